The average Bonchev–Trinajstić information content (AvgIpc) is 3.18. The smallest absolute Gasteiger partial charge is 0.255 e. The first-order chi connectivity index (χ1) is 18.0. The normalized spacial score (nSPS) is 10.7. The molecule has 5 aromatic rings. The van der Waals surface area contributed by atoms with E-state index in [4.69, 9.17) is 9.47 Å². The molecule has 5 rings (SSSR count). The van der Waals surface area contributed by atoms with E-state index >= 15 is 0 Å². The van der Waals surface area contributed by atoms with E-state index in [1.54, 1.807) is 59.3 Å². The molecule has 0 aliphatic heterocycles. The van der Waals surface area contributed by atoms with E-state index in [9.17, 15) is 4.79 Å². The lowest BCUT2D eigenvalue weighted by Crippen LogP contribution is -2.11. The molecule has 0 saturated heterocycles. The number of nitrogens with zero attached hydrogens (tertiary/aromatic N) is 4. The molecule has 8 nitrogen and oxygen atoms in total. The highest BCUT2D eigenvalue weighted by atomic mass is 16.5. The average molecular weight is 492 g/mol. The van der Waals surface area contributed by atoms with Crippen molar-refractivity contribution in [2.75, 3.05) is 5.32 Å². The second-order valence-corrected chi connectivity index (χ2v) is 8.44. The molecule has 0 saturated carbocycles. The van der Waals surface area contributed by atoms with Crippen molar-refractivity contribution in [3.8, 4) is 28.9 Å². The van der Waals surface area contributed by atoms with Crippen LogP contribution in [0, 0.1) is 20.8 Å². The predicted molar refractivity (Wildman–Crippen MR) is 141 cm³/mol. The minimum Gasteiger partial charge on any atom is -0.457 e. The molecule has 3 aromatic carbocycles. The third-order valence-electron chi connectivity index (χ3n) is 5.93. The van der Waals surface area contributed by atoms with Gasteiger partial charge in [-0.3, -0.25) is 4.79 Å². The van der Waals surface area contributed by atoms with Gasteiger partial charge in [0.1, 0.15) is 23.6 Å². The Bertz CT molecular complexity index is 1530. The number of aryl methyl sites for hydroxylation is 1. The van der Waals surface area contributed by atoms with Gasteiger partial charge in [0.15, 0.2) is 5.82 Å². The number of anilines is 1. The van der Waals surface area contributed by atoms with Crippen molar-refractivity contribution in [3.63, 3.8) is 0 Å². The summed E-state index contributed by atoms with van der Waals surface area (Å²) in [4.78, 5) is 21.2. The molecule has 2 heterocycles. The summed E-state index contributed by atoms with van der Waals surface area (Å²) in [7, 11) is 0. The summed E-state index contributed by atoms with van der Waals surface area (Å²) in [6.07, 6.45) is 1.45. The molecule has 0 bridgehead atoms. The molecule has 2 aromatic heterocycles. The van der Waals surface area contributed by atoms with Crippen LogP contribution in [0.4, 0.5) is 5.69 Å². The van der Waals surface area contributed by atoms with Gasteiger partial charge in [0, 0.05) is 23.0 Å². The van der Waals surface area contributed by atoms with Gasteiger partial charge in [-0.05, 0) is 87.0 Å². The molecule has 0 fully saturated rings. The maximum atomic E-state index is 12.7. The number of rotatable bonds is 7. The van der Waals surface area contributed by atoms with Crippen LogP contribution < -0.4 is 14.8 Å². The minimum atomic E-state index is -0.222. The van der Waals surface area contributed by atoms with Gasteiger partial charge < -0.3 is 14.8 Å². The number of hydrogen-bond donors (Lipinski definition) is 1. The molecule has 0 unspecified atom stereocenters. The highest BCUT2D eigenvalue weighted by molar-refractivity contribution is 6.04. The SMILES string of the molecule is Cc1nn(-c2cc(Oc3ccc(NC(=O)c4ccc(Oc5ccccc5)cc4)cc3)ncn2)c(C)c1C. The highest BCUT2D eigenvalue weighted by Crippen LogP contribution is 2.25. The summed E-state index contributed by atoms with van der Waals surface area (Å²) in [6, 6.07) is 25.3. The fraction of sp³-hybridized carbons (Fsp3) is 0.103. The summed E-state index contributed by atoms with van der Waals surface area (Å²) < 4.78 is 13.5. The maximum Gasteiger partial charge on any atom is 0.255 e. The van der Waals surface area contributed by atoms with Crippen LogP contribution >= 0.6 is 0 Å². The fourth-order valence-electron chi connectivity index (χ4n) is 3.67. The van der Waals surface area contributed by atoms with E-state index in [1.807, 2.05) is 51.1 Å². The van der Waals surface area contributed by atoms with E-state index in [0.29, 0.717) is 34.4 Å². The van der Waals surface area contributed by atoms with Crippen LogP contribution in [0.5, 0.6) is 23.1 Å². The minimum absolute atomic E-state index is 0.222. The van der Waals surface area contributed by atoms with Crippen LogP contribution in [-0.2, 0) is 0 Å². The quantitative estimate of drug-likeness (QED) is 0.282. The molecule has 1 amide bonds. The summed E-state index contributed by atoms with van der Waals surface area (Å²) >= 11 is 0. The number of carbonyl (C=O) groups excluding carboxylic acids is 1. The number of amides is 1. The zero-order valence-electron chi connectivity index (χ0n) is 20.7. The first kappa shape index (κ1) is 23.7. The molecule has 0 aliphatic carbocycles. The Morgan fingerprint density at radius 1 is 0.784 bits per heavy atom. The Morgan fingerprint density at radius 2 is 1.43 bits per heavy atom. The van der Waals surface area contributed by atoms with E-state index in [-0.39, 0.29) is 5.91 Å². The van der Waals surface area contributed by atoms with Crippen molar-refractivity contribution in [3.05, 3.63) is 114 Å². The van der Waals surface area contributed by atoms with Gasteiger partial charge in [0.2, 0.25) is 5.88 Å². The first-order valence-corrected chi connectivity index (χ1v) is 11.7. The zero-order valence-corrected chi connectivity index (χ0v) is 20.7. The standard InChI is InChI=1S/C29H25N5O3/c1-19-20(2)33-34(21(19)3)27-17-28(31-18-30-27)37-26-15-11-23(12-16-26)32-29(35)22-9-13-25(14-10-22)36-24-7-5-4-6-8-24/h4-18H,1-3H3,(H,32,35). The Morgan fingerprint density at radius 3 is 2.11 bits per heavy atom. The van der Waals surface area contributed by atoms with Gasteiger partial charge in [0.05, 0.1) is 5.69 Å². The van der Waals surface area contributed by atoms with Crippen molar-refractivity contribution in [2.24, 2.45) is 0 Å². The number of hydrogen-bond acceptors (Lipinski definition) is 6. The number of nitrogens with one attached hydrogen (secondary N) is 1. The Labute approximate surface area is 214 Å². The number of carbonyl (C=O) groups is 1. The maximum absolute atomic E-state index is 12.7. The number of ether oxygens (including phenoxy) is 2. The molecular formula is C29H25N5O3. The Kier molecular flexibility index (Phi) is 6.63. The monoisotopic (exact) mass is 491 g/mol. The summed E-state index contributed by atoms with van der Waals surface area (Å²) in [5, 5.41) is 7.43. The summed E-state index contributed by atoms with van der Waals surface area (Å²) in [6.45, 7) is 5.99. The molecule has 184 valence electrons. The second-order valence-electron chi connectivity index (χ2n) is 8.44. The zero-order chi connectivity index (χ0) is 25.8. The molecule has 0 radical (unpaired) electrons. The summed E-state index contributed by atoms with van der Waals surface area (Å²) in [5.74, 6) is 2.77. The third kappa shape index (κ3) is 5.48. The van der Waals surface area contributed by atoms with E-state index < -0.39 is 0 Å². The van der Waals surface area contributed by atoms with Crippen LogP contribution in [0.1, 0.15) is 27.3 Å². The van der Waals surface area contributed by atoms with Crippen LogP contribution in [0.2, 0.25) is 0 Å². The second kappa shape index (κ2) is 10.3. The van der Waals surface area contributed by atoms with Crippen molar-refractivity contribution in [1.82, 2.24) is 19.7 Å². The predicted octanol–water partition coefficient (Wildman–Crippen LogP) is 6.42. The largest absolute Gasteiger partial charge is 0.457 e. The molecule has 37 heavy (non-hydrogen) atoms. The molecular weight excluding hydrogens is 466 g/mol. The first-order valence-electron chi connectivity index (χ1n) is 11.7. The van der Waals surface area contributed by atoms with E-state index in [2.05, 4.69) is 20.4 Å². The molecule has 0 aliphatic rings. The van der Waals surface area contributed by atoms with Crippen molar-refractivity contribution in [2.45, 2.75) is 20.8 Å². The lowest BCUT2D eigenvalue weighted by Gasteiger charge is -2.09. The van der Waals surface area contributed by atoms with Gasteiger partial charge >= 0.3 is 0 Å². The third-order valence-corrected chi connectivity index (χ3v) is 5.93. The van der Waals surface area contributed by atoms with Crippen LogP contribution in [0.25, 0.3) is 5.82 Å². The van der Waals surface area contributed by atoms with Crippen molar-refractivity contribution in [1.29, 1.82) is 0 Å². The topological polar surface area (TPSA) is 91.2 Å². The van der Waals surface area contributed by atoms with Crippen LogP contribution in [0.15, 0.2) is 91.3 Å². The van der Waals surface area contributed by atoms with E-state index in [1.165, 1.54) is 6.33 Å². The van der Waals surface area contributed by atoms with Crippen molar-refractivity contribution < 1.29 is 14.3 Å². The molecule has 8 heteroatoms. The van der Waals surface area contributed by atoms with Gasteiger partial charge in [-0.25, -0.2) is 14.6 Å². The summed E-state index contributed by atoms with van der Waals surface area (Å²) in [5.41, 5.74) is 4.25. The Hall–Kier alpha value is -4.98. The van der Waals surface area contributed by atoms with E-state index in [0.717, 1.165) is 22.7 Å². The van der Waals surface area contributed by atoms with Gasteiger partial charge in [-0.15, -0.1) is 0 Å². The lowest BCUT2D eigenvalue weighted by atomic mass is 10.2. The number of benzene rings is 3. The molecule has 1 N–H and O–H groups in total. The number of aromatic nitrogens is 4. The fourth-order valence-corrected chi connectivity index (χ4v) is 3.67. The van der Waals surface area contributed by atoms with Crippen LogP contribution in [0.3, 0.4) is 0 Å². The van der Waals surface area contributed by atoms with Gasteiger partial charge in [-0.1, -0.05) is 18.2 Å². The van der Waals surface area contributed by atoms with Crippen molar-refractivity contribution >= 4 is 11.6 Å². The Balaban J connectivity index is 1.21. The highest BCUT2D eigenvalue weighted by Gasteiger charge is 2.12. The lowest BCUT2D eigenvalue weighted by molar-refractivity contribution is 0.102. The van der Waals surface area contributed by atoms with Crippen LogP contribution in [-0.4, -0.2) is 25.7 Å². The molecule has 0 atom stereocenters. The number of para-hydroxylation sites is 1. The van der Waals surface area contributed by atoms with Gasteiger partial charge in [0.25, 0.3) is 5.91 Å². The van der Waals surface area contributed by atoms with Gasteiger partial charge in [-0.2, -0.15) is 5.10 Å². The molecule has 0 spiro atoms.